The molecular formula is C5H7AlO. The van der Waals surface area contributed by atoms with Crippen LogP contribution in [0.4, 0.5) is 0 Å². The molecule has 0 aromatic rings. The fourth-order valence-corrected chi connectivity index (χ4v) is 1.19. The van der Waals surface area contributed by atoms with E-state index in [1.807, 2.05) is 13.0 Å². The standard InChI is InChI=1S/C5H7O.Al.H/c1-3-4-5(2)6;;/h1,3-4,6H,2H3;;/q;+1;/p-1. The average Bonchev–Trinajstić information content (AvgIpc) is 1.69. The maximum Gasteiger partial charge on any atom is 0.556 e. The lowest BCUT2D eigenvalue weighted by Gasteiger charge is -2.04. The van der Waals surface area contributed by atoms with Crippen molar-refractivity contribution in [3.8, 4) is 0 Å². The molecule has 0 spiro atoms. The zero-order chi connectivity index (χ0) is 5.11. The van der Waals surface area contributed by atoms with Crippen LogP contribution >= 0.6 is 0 Å². The molecule has 0 amide bonds. The van der Waals surface area contributed by atoms with Crippen LogP contribution in [0.25, 0.3) is 0 Å². The molecule has 1 heterocycles. The minimum absolute atomic E-state index is 0.288. The molecule has 0 saturated carbocycles. The van der Waals surface area contributed by atoms with Gasteiger partial charge in [-0.15, -0.1) is 4.94 Å². The Bertz CT molecular complexity index is 115. The van der Waals surface area contributed by atoms with Crippen molar-refractivity contribution in [2.24, 2.45) is 0 Å². The Labute approximate surface area is 49.7 Å². The van der Waals surface area contributed by atoms with Gasteiger partial charge in [-0.1, -0.05) is 6.08 Å². The second-order valence-corrected chi connectivity index (χ2v) is 2.61. The molecule has 0 atom stereocenters. The number of allylic oxidation sites excluding steroid dienone is 3. The van der Waals surface area contributed by atoms with Crippen molar-refractivity contribution >= 4 is 15.6 Å². The highest BCUT2D eigenvalue weighted by Gasteiger charge is 1.93. The highest BCUT2D eigenvalue weighted by molar-refractivity contribution is 6.35. The van der Waals surface area contributed by atoms with Crippen molar-refractivity contribution in [2.45, 2.75) is 6.92 Å². The summed E-state index contributed by atoms with van der Waals surface area (Å²) in [5, 5.41) is 0. The monoisotopic (exact) mass is 110 g/mol. The van der Waals surface area contributed by atoms with Gasteiger partial charge in [0, 0.05) is 0 Å². The summed E-state index contributed by atoms with van der Waals surface area (Å²) < 4.78 is 5.19. The van der Waals surface area contributed by atoms with Gasteiger partial charge in [-0.3, -0.25) is 0 Å². The molecule has 0 saturated heterocycles. The Morgan fingerprint density at radius 1 is 1.71 bits per heavy atom. The van der Waals surface area contributed by atoms with Crippen molar-refractivity contribution in [3.63, 3.8) is 0 Å². The van der Waals surface area contributed by atoms with Gasteiger partial charge < -0.3 is 3.79 Å². The van der Waals surface area contributed by atoms with Gasteiger partial charge in [-0.25, -0.2) is 0 Å². The highest BCUT2D eigenvalue weighted by atomic mass is 27.1. The highest BCUT2D eigenvalue weighted by Crippen LogP contribution is 1.98. The Kier molecular flexibility index (Phi) is 1.56. The molecule has 7 heavy (non-hydrogen) atoms. The van der Waals surface area contributed by atoms with Gasteiger partial charge in [-0.2, -0.15) is 0 Å². The molecule has 2 heteroatoms. The Hall–Kier alpha value is -0.188. The lowest BCUT2D eigenvalue weighted by molar-refractivity contribution is 0.460. The molecule has 0 aliphatic carbocycles. The normalized spacial score (nSPS) is 17.0. The SMILES string of the molecule is CC1=CC=[CH][AlH][O]1. The molecule has 0 aromatic heterocycles. The first-order valence-corrected chi connectivity index (χ1v) is 3.75. The minimum Gasteiger partial charge on any atom is -0.645 e. The van der Waals surface area contributed by atoms with E-state index in [2.05, 4.69) is 11.0 Å². The fraction of sp³-hybridized carbons (Fsp3) is 0.200. The smallest absolute Gasteiger partial charge is 0.556 e. The van der Waals surface area contributed by atoms with Gasteiger partial charge in [0.2, 0.25) is 0 Å². The van der Waals surface area contributed by atoms with Crippen LogP contribution in [0, 0.1) is 0 Å². The maximum atomic E-state index is 5.19. The lowest BCUT2D eigenvalue weighted by Crippen LogP contribution is -1.95. The lowest BCUT2D eigenvalue weighted by atomic mass is 10.5. The zero-order valence-corrected chi connectivity index (χ0v) is 5.76. The van der Waals surface area contributed by atoms with Crippen molar-refractivity contribution in [3.05, 3.63) is 22.8 Å². The molecule has 1 aliphatic heterocycles. The summed E-state index contributed by atoms with van der Waals surface area (Å²) in [5.74, 6) is 1.06. The van der Waals surface area contributed by atoms with Gasteiger partial charge >= 0.3 is 15.6 Å². The maximum absolute atomic E-state index is 5.19. The van der Waals surface area contributed by atoms with E-state index in [9.17, 15) is 0 Å². The second-order valence-electron chi connectivity index (χ2n) is 1.52. The van der Waals surface area contributed by atoms with Crippen LogP contribution in [0.3, 0.4) is 0 Å². The van der Waals surface area contributed by atoms with E-state index < -0.39 is 0 Å². The van der Waals surface area contributed by atoms with Crippen molar-refractivity contribution in [1.29, 1.82) is 0 Å². The molecule has 0 N–H and O–H groups in total. The molecule has 1 nitrogen and oxygen atoms in total. The Balaban J connectivity index is 2.57. The van der Waals surface area contributed by atoms with Crippen molar-refractivity contribution < 1.29 is 3.79 Å². The minimum atomic E-state index is -0.288. The number of rotatable bonds is 0. The summed E-state index contributed by atoms with van der Waals surface area (Å²) in [6, 6.07) is 0. The quantitative estimate of drug-likeness (QED) is 0.419. The van der Waals surface area contributed by atoms with Crippen LogP contribution in [-0.4, -0.2) is 15.6 Å². The summed E-state index contributed by atoms with van der Waals surface area (Å²) in [5.41, 5.74) is 0. The summed E-state index contributed by atoms with van der Waals surface area (Å²) in [7, 11) is 0. The Morgan fingerprint density at radius 3 is 2.86 bits per heavy atom. The molecule has 0 unspecified atom stereocenters. The molecule has 0 radical (unpaired) electrons. The topological polar surface area (TPSA) is 9.23 Å². The molecule has 0 aromatic carbocycles. The first-order valence-electron chi connectivity index (χ1n) is 2.36. The summed E-state index contributed by atoms with van der Waals surface area (Å²) in [6.07, 6.45) is 4.04. The second kappa shape index (κ2) is 2.21. The average molecular weight is 110 g/mol. The van der Waals surface area contributed by atoms with E-state index in [1.165, 1.54) is 0 Å². The molecule has 36 valence electrons. The predicted octanol–water partition coefficient (Wildman–Crippen LogP) is 0.786. The van der Waals surface area contributed by atoms with E-state index in [-0.39, 0.29) is 15.6 Å². The van der Waals surface area contributed by atoms with Crippen LogP contribution in [0.15, 0.2) is 22.8 Å². The predicted molar refractivity (Wildman–Crippen MR) is 31.1 cm³/mol. The third-order valence-electron chi connectivity index (χ3n) is 0.874. The van der Waals surface area contributed by atoms with E-state index >= 15 is 0 Å². The first kappa shape index (κ1) is 4.96. The molecule has 1 rings (SSSR count). The van der Waals surface area contributed by atoms with E-state index in [0.717, 1.165) is 5.76 Å². The third-order valence-corrected chi connectivity index (χ3v) is 1.96. The van der Waals surface area contributed by atoms with Crippen LogP contribution in [-0.2, 0) is 3.79 Å². The van der Waals surface area contributed by atoms with E-state index in [4.69, 9.17) is 3.79 Å². The molecule has 0 bridgehead atoms. The van der Waals surface area contributed by atoms with Gasteiger partial charge in [0.05, 0.1) is 5.76 Å². The van der Waals surface area contributed by atoms with Crippen LogP contribution in [0.2, 0.25) is 0 Å². The van der Waals surface area contributed by atoms with Crippen LogP contribution < -0.4 is 0 Å². The molecule has 0 fully saturated rings. The molecule has 1 aliphatic rings. The summed E-state index contributed by atoms with van der Waals surface area (Å²) >= 11 is -0.288. The summed E-state index contributed by atoms with van der Waals surface area (Å²) in [6.45, 7) is 1.98. The summed E-state index contributed by atoms with van der Waals surface area (Å²) in [4.78, 5) is 2.12. The zero-order valence-electron chi connectivity index (χ0n) is 4.35. The van der Waals surface area contributed by atoms with Crippen molar-refractivity contribution in [2.75, 3.05) is 0 Å². The third kappa shape index (κ3) is 1.38. The van der Waals surface area contributed by atoms with E-state index in [1.54, 1.807) is 0 Å². The largest absolute Gasteiger partial charge is 0.645 e. The molecular weight excluding hydrogens is 103 g/mol. The number of hydrogen-bond acceptors (Lipinski definition) is 1. The van der Waals surface area contributed by atoms with Crippen molar-refractivity contribution in [1.82, 2.24) is 0 Å². The van der Waals surface area contributed by atoms with Crippen LogP contribution in [0.1, 0.15) is 6.92 Å². The van der Waals surface area contributed by atoms with Gasteiger partial charge in [0.25, 0.3) is 0 Å². The first-order chi connectivity index (χ1) is 3.39. The fourth-order valence-electron chi connectivity index (χ4n) is 0.487. The van der Waals surface area contributed by atoms with Gasteiger partial charge in [0.15, 0.2) is 0 Å². The van der Waals surface area contributed by atoms with E-state index in [0.29, 0.717) is 0 Å². The number of hydrogen-bond donors (Lipinski definition) is 0. The van der Waals surface area contributed by atoms with Gasteiger partial charge in [-0.05, 0) is 13.0 Å². The van der Waals surface area contributed by atoms with Crippen LogP contribution in [0.5, 0.6) is 0 Å². The Morgan fingerprint density at radius 2 is 2.57 bits per heavy atom. The van der Waals surface area contributed by atoms with Gasteiger partial charge in [0.1, 0.15) is 0 Å².